The van der Waals surface area contributed by atoms with Crippen LogP contribution in [0.5, 0.6) is 0 Å². The summed E-state index contributed by atoms with van der Waals surface area (Å²) in [5, 5.41) is 0. The zero-order chi connectivity index (χ0) is 12.8. The van der Waals surface area contributed by atoms with Gasteiger partial charge in [-0.3, -0.25) is 0 Å². The second-order valence-corrected chi connectivity index (χ2v) is 5.71. The fourth-order valence-electron chi connectivity index (χ4n) is 3.36. The largest absolute Gasteiger partial charge is 0.301 e. The quantitative estimate of drug-likeness (QED) is 0.486. The third kappa shape index (κ3) is 3.69. The molecular formula is C16H29N. The zero-order valence-corrected chi connectivity index (χ0v) is 12.3. The van der Waals surface area contributed by atoms with Crippen molar-refractivity contribution >= 4 is 6.21 Å². The normalized spacial score (nSPS) is 27.6. The summed E-state index contributed by atoms with van der Waals surface area (Å²) in [5.74, 6) is 2.13. The lowest BCUT2D eigenvalue weighted by molar-refractivity contribution is 0.326. The second-order valence-electron chi connectivity index (χ2n) is 5.71. The van der Waals surface area contributed by atoms with Gasteiger partial charge in [0.05, 0.1) is 0 Å². The molecule has 0 spiro atoms. The van der Waals surface area contributed by atoms with Gasteiger partial charge >= 0.3 is 0 Å². The molecule has 0 saturated heterocycles. The molecule has 0 radical (unpaired) electrons. The van der Waals surface area contributed by atoms with E-state index in [1.807, 2.05) is 7.05 Å². The molecule has 0 heterocycles. The van der Waals surface area contributed by atoms with E-state index in [2.05, 4.69) is 38.9 Å². The van der Waals surface area contributed by atoms with Gasteiger partial charge in [0, 0.05) is 19.2 Å². The molecule has 98 valence electrons. The Bertz CT molecular complexity index is 286. The molecule has 1 aliphatic rings. The molecule has 0 aromatic carbocycles. The van der Waals surface area contributed by atoms with Crippen LogP contribution in [-0.4, -0.2) is 13.3 Å². The summed E-state index contributed by atoms with van der Waals surface area (Å²) in [5.41, 5.74) is 3.33. The van der Waals surface area contributed by atoms with Gasteiger partial charge in [-0.2, -0.15) is 0 Å². The molecule has 0 aromatic rings. The molecule has 0 N–H and O–H groups in total. The van der Waals surface area contributed by atoms with Crippen LogP contribution in [0.3, 0.4) is 0 Å². The van der Waals surface area contributed by atoms with Crippen LogP contribution in [0, 0.1) is 17.8 Å². The van der Waals surface area contributed by atoms with Crippen LogP contribution in [0.4, 0.5) is 0 Å². The first-order valence-electron chi connectivity index (χ1n) is 7.23. The van der Waals surface area contributed by atoms with E-state index in [-0.39, 0.29) is 0 Å². The topological polar surface area (TPSA) is 12.4 Å². The van der Waals surface area contributed by atoms with Crippen LogP contribution in [-0.2, 0) is 0 Å². The highest BCUT2D eigenvalue weighted by Gasteiger charge is 2.28. The Kier molecular flexibility index (Phi) is 5.94. The molecule has 1 heteroatoms. The molecule has 1 aliphatic carbocycles. The van der Waals surface area contributed by atoms with Crippen LogP contribution < -0.4 is 0 Å². The average Bonchev–Trinajstić information content (AvgIpc) is 2.31. The van der Waals surface area contributed by atoms with Gasteiger partial charge in [-0.15, -0.1) is 0 Å². The highest BCUT2D eigenvalue weighted by Crippen LogP contribution is 2.39. The lowest BCUT2D eigenvalue weighted by Crippen LogP contribution is -2.25. The van der Waals surface area contributed by atoms with Crippen molar-refractivity contribution in [2.24, 2.45) is 22.7 Å². The van der Waals surface area contributed by atoms with E-state index >= 15 is 0 Å². The minimum absolute atomic E-state index is 0.686. The monoisotopic (exact) mass is 235 g/mol. The summed E-state index contributed by atoms with van der Waals surface area (Å²) < 4.78 is 0. The number of nitrogens with zero attached hydrogens (tertiary/aromatic N) is 1. The van der Waals surface area contributed by atoms with E-state index in [0.29, 0.717) is 11.8 Å². The van der Waals surface area contributed by atoms with Crippen molar-refractivity contribution in [2.75, 3.05) is 7.05 Å². The molecule has 0 aromatic heterocycles. The van der Waals surface area contributed by atoms with Gasteiger partial charge in [0.15, 0.2) is 0 Å². The molecule has 2 atom stereocenters. The summed E-state index contributed by atoms with van der Waals surface area (Å²) in [6.45, 7) is 9.31. The molecule has 0 amide bonds. The van der Waals surface area contributed by atoms with Gasteiger partial charge in [0.1, 0.15) is 0 Å². The lowest BCUT2D eigenvalue weighted by atomic mass is 9.71. The van der Waals surface area contributed by atoms with Gasteiger partial charge in [0.2, 0.25) is 0 Å². The summed E-state index contributed by atoms with van der Waals surface area (Å²) in [6, 6.07) is 0. The number of hydrogen-bond acceptors (Lipinski definition) is 1. The molecule has 17 heavy (non-hydrogen) atoms. The fraction of sp³-hybridized carbons (Fsp3) is 0.812. The molecule has 1 fully saturated rings. The van der Waals surface area contributed by atoms with Crippen LogP contribution in [0.2, 0.25) is 0 Å². The zero-order valence-electron chi connectivity index (χ0n) is 12.3. The van der Waals surface area contributed by atoms with Crippen molar-refractivity contribution in [1.29, 1.82) is 0 Å². The van der Waals surface area contributed by atoms with E-state index < -0.39 is 0 Å². The summed E-state index contributed by atoms with van der Waals surface area (Å²) in [6.07, 6.45) is 8.86. The number of rotatable bonds is 4. The fourth-order valence-corrected chi connectivity index (χ4v) is 3.36. The molecule has 1 nitrogen and oxygen atoms in total. The predicted molar refractivity (Wildman–Crippen MR) is 77.7 cm³/mol. The maximum Gasteiger partial charge on any atom is 0.0273 e. The van der Waals surface area contributed by atoms with Crippen LogP contribution in [0.25, 0.3) is 0 Å². The maximum atomic E-state index is 4.29. The smallest absolute Gasteiger partial charge is 0.0273 e. The van der Waals surface area contributed by atoms with Gasteiger partial charge in [-0.05, 0) is 38.0 Å². The second kappa shape index (κ2) is 6.98. The third-order valence-electron chi connectivity index (χ3n) is 4.20. The van der Waals surface area contributed by atoms with Gasteiger partial charge < -0.3 is 4.99 Å². The van der Waals surface area contributed by atoms with Gasteiger partial charge in [0.25, 0.3) is 0 Å². The van der Waals surface area contributed by atoms with Crippen molar-refractivity contribution in [1.82, 2.24) is 0 Å². The van der Waals surface area contributed by atoms with E-state index in [0.717, 1.165) is 5.92 Å². The maximum absolute atomic E-state index is 4.29. The standard InChI is InChI=1S/C16H29N/c1-6-13(4)16(12(2)3)15-10-8-7-9-14(15)11-17-5/h11-12,14-15H,6-10H2,1-5H3/b16-13-,17-11?/t14?,15-/m1/s1. The Morgan fingerprint density at radius 3 is 2.47 bits per heavy atom. The van der Waals surface area contributed by atoms with Crippen molar-refractivity contribution in [3.63, 3.8) is 0 Å². The van der Waals surface area contributed by atoms with Gasteiger partial charge in [-0.25, -0.2) is 0 Å². The van der Waals surface area contributed by atoms with E-state index in [1.54, 1.807) is 11.1 Å². The third-order valence-corrected chi connectivity index (χ3v) is 4.20. The van der Waals surface area contributed by atoms with E-state index in [9.17, 15) is 0 Å². The molecule has 0 bridgehead atoms. The highest BCUT2D eigenvalue weighted by molar-refractivity contribution is 5.62. The Morgan fingerprint density at radius 2 is 1.94 bits per heavy atom. The van der Waals surface area contributed by atoms with Crippen LogP contribution >= 0.6 is 0 Å². The Hall–Kier alpha value is -0.590. The van der Waals surface area contributed by atoms with E-state index in [4.69, 9.17) is 0 Å². The van der Waals surface area contributed by atoms with Crippen molar-refractivity contribution in [3.05, 3.63) is 11.1 Å². The summed E-state index contributed by atoms with van der Waals surface area (Å²) in [4.78, 5) is 4.29. The first kappa shape index (κ1) is 14.5. The Labute approximate surface area is 107 Å². The first-order valence-corrected chi connectivity index (χ1v) is 7.23. The first-order chi connectivity index (χ1) is 8.11. The minimum Gasteiger partial charge on any atom is -0.301 e. The number of allylic oxidation sites excluding steroid dienone is 2. The molecular weight excluding hydrogens is 206 g/mol. The van der Waals surface area contributed by atoms with Gasteiger partial charge in [-0.1, -0.05) is 44.8 Å². The summed E-state index contributed by atoms with van der Waals surface area (Å²) >= 11 is 0. The average molecular weight is 235 g/mol. The number of hydrogen-bond donors (Lipinski definition) is 0. The molecule has 1 unspecified atom stereocenters. The summed E-state index contributed by atoms with van der Waals surface area (Å²) in [7, 11) is 1.91. The van der Waals surface area contributed by atoms with Crippen molar-refractivity contribution < 1.29 is 0 Å². The molecule has 0 aliphatic heterocycles. The highest BCUT2D eigenvalue weighted by atomic mass is 14.6. The lowest BCUT2D eigenvalue weighted by Gasteiger charge is -2.34. The van der Waals surface area contributed by atoms with E-state index in [1.165, 1.54) is 32.1 Å². The van der Waals surface area contributed by atoms with Crippen LogP contribution in [0.15, 0.2) is 16.1 Å². The molecule has 1 saturated carbocycles. The SMILES string of the molecule is CC/C(C)=C(/C(C)C)[C@@H]1CCCCC1C=NC. The van der Waals surface area contributed by atoms with Crippen molar-refractivity contribution in [3.8, 4) is 0 Å². The van der Waals surface area contributed by atoms with Crippen molar-refractivity contribution in [2.45, 2.75) is 59.8 Å². The Morgan fingerprint density at radius 1 is 1.29 bits per heavy atom. The number of aliphatic imine (C=N–C) groups is 1. The molecule has 1 rings (SSSR count). The predicted octanol–water partition coefficient (Wildman–Crippen LogP) is 4.88. The van der Waals surface area contributed by atoms with Crippen LogP contribution in [0.1, 0.15) is 59.8 Å². The Balaban J connectivity index is 2.98. The minimum atomic E-state index is 0.686.